The fourth-order valence-corrected chi connectivity index (χ4v) is 3.18. The molecule has 2 heterocycles. The van der Waals surface area contributed by atoms with E-state index < -0.39 is 0 Å². The van der Waals surface area contributed by atoms with Crippen LogP contribution in [0, 0.1) is 0 Å². The van der Waals surface area contributed by atoms with E-state index in [-0.39, 0.29) is 5.56 Å². The van der Waals surface area contributed by atoms with Gasteiger partial charge in [0.2, 0.25) is 0 Å². The van der Waals surface area contributed by atoms with Gasteiger partial charge in [-0.05, 0) is 33.1 Å². The normalized spacial score (nSPS) is 20.3. The van der Waals surface area contributed by atoms with Gasteiger partial charge in [-0.3, -0.25) is 4.79 Å². The van der Waals surface area contributed by atoms with Crippen LogP contribution >= 0.6 is 11.8 Å². The molecule has 1 aromatic heterocycles. The Morgan fingerprint density at radius 1 is 1.56 bits per heavy atom. The van der Waals surface area contributed by atoms with Crippen LogP contribution in [0.2, 0.25) is 0 Å². The molecule has 0 aromatic carbocycles. The predicted octanol–water partition coefficient (Wildman–Crippen LogP) is 2.49. The first-order valence-electron chi connectivity index (χ1n) is 6.50. The lowest BCUT2D eigenvalue weighted by atomic mass is 10.1. The van der Waals surface area contributed by atoms with Gasteiger partial charge in [0.05, 0.1) is 6.10 Å². The van der Waals surface area contributed by atoms with Gasteiger partial charge in [0.15, 0.2) is 5.16 Å². The summed E-state index contributed by atoms with van der Waals surface area (Å²) in [5, 5.41) is 0.798. The van der Waals surface area contributed by atoms with Gasteiger partial charge in [-0.2, -0.15) is 4.98 Å². The van der Waals surface area contributed by atoms with Gasteiger partial charge < -0.3 is 9.30 Å². The quantitative estimate of drug-likeness (QED) is 0.621. The lowest BCUT2D eigenvalue weighted by Crippen LogP contribution is -2.22. The van der Waals surface area contributed by atoms with Crippen molar-refractivity contribution in [2.24, 2.45) is 0 Å². The Bertz CT molecular complexity index is 439. The first-order chi connectivity index (χ1) is 8.66. The van der Waals surface area contributed by atoms with Crippen molar-refractivity contribution in [3.63, 3.8) is 0 Å². The van der Waals surface area contributed by atoms with Gasteiger partial charge >= 0.3 is 0 Å². The van der Waals surface area contributed by atoms with E-state index in [2.05, 4.69) is 18.8 Å². The molecule has 1 aliphatic rings. The smallest absolute Gasteiger partial charge is 0.273 e. The minimum atomic E-state index is -0.168. The topological polar surface area (TPSA) is 44.1 Å². The Hall–Kier alpha value is -0.810. The van der Waals surface area contributed by atoms with Crippen molar-refractivity contribution >= 4 is 11.8 Å². The van der Waals surface area contributed by atoms with E-state index in [1.54, 1.807) is 11.8 Å². The average Bonchev–Trinajstić information content (AvgIpc) is 2.37. The summed E-state index contributed by atoms with van der Waals surface area (Å²) in [6.45, 7) is 5.05. The summed E-state index contributed by atoms with van der Waals surface area (Å²) in [5.41, 5.74) is -0.168. The summed E-state index contributed by atoms with van der Waals surface area (Å²) in [4.78, 5) is 15.4. The molecule has 1 aliphatic heterocycles. The van der Waals surface area contributed by atoms with Crippen LogP contribution in [-0.2, 0) is 4.74 Å². The number of ether oxygens (including phenoxy) is 1. The first-order valence-corrected chi connectivity index (χ1v) is 7.49. The van der Waals surface area contributed by atoms with E-state index in [0.29, 0.717) is 12.1 Å². The van der Waals surface area contributed by atoms with Crippen molar-refractivity contribution in [2.75, 3.05) is 12.4 Å². The second-order valence-corrected chi connectivity index (χ2v) is 5.84. The van der Waals surface area contributed by atoms with Crippen molar-refractivity contribution in [3.05, 3.63) is 22.6 Å². The Labute approximate surface area is 112 Å². The molecule has 1 aromatic rings. The molecule has 100 valence electrons. The van der Waals surface area contributed by atoms with Crippen LogP contribution in [0.1, 0.15) is 39.2 Å². The van der Waals surface area contributed by atoms with Gasteiger partial charge in [0, 0.05) is 30.7 Å². The highest BCUT2D eigenvalue weighted by Gasteiger charge is 2.16. The third kappa shape index (κ3) is 3.59. The fourth-order valence-electron chi connectivity index (χ4n) is 2.00. The molecule has 0 amide bonds. The summed E-state index contributed by atoms with van der Waals surface area (Å²) >= 11 is 1.62. The van der Waals surface area contributed by atoms with Crippen LogP contribution in [0.4, 0.5) is 0 Å². The van der Waals surface area contributed by atoms with Crippen molar-refractivity contribution in [3.8, 4) is 0 Å². The first kappa shape index (κ1) is 13.6. The van der Waals surface area contributed by atoms with Crippen molar-refractivity contribution in [1.82, 2.24) is 9.55 Å². The molecule has 2 rings (SSSR count). The van der Waals surface area contributed by atoms with E-state index in [4.69, 9.17) is 4.74 Å². The standard InChI is InChI=1S/C13H20N2O2S/c1-10(2)15-7-6-12(16)14-13(15)18-9-11-5-3-4-8-17-11/h6-7,10-11H,3-5,8-9H2,1-2H3/t11-/m1/s1. The molecule has 1 fully saturated rings. The highest BCUT2D eigenvalue weighted by molar-refractivity contribution is 7.99. The van der Waals surface area contributed by atoms with E-state index in [1.165, 1.54) is 18.9 Å². The van der Waals surface area contributed by atoms with Crippen LogP contribution in [0.25, 0.3) is 0 Å². The van der Waals surface area contributed by atoms with Gasteiger partial charge in [0.1, 0.15) is 0 Å². The molecule has 0 unspecified atom stereocenters. The Morgan fingerprint density at radius 2 is 2.39 bits per heavy atom. The molecule has 18 heavy (non-hydrogen) atoms. The van der Waals surface area contributed by atoms with E-state index in [9.17, 15) is 4.79 Å². The molecule has 5 heteroatoms. The second-order valence-electron chi connectivity index (χ2n) is 4.85. The number of thioether (sulfide) groups is 1. The lowest BCUT2D eigenvalue weighted by molar-refractivity contribution is 0.0315. The summed E-state index contributed by atoms with van der Waals surface area (Å²) < 4.78 is 7.73. The number of hydrogen-bond acceptors (Lipinski definition) is 4. The molecule has 0 saturated carbocycles. The number of nitrogens with zero attached hydrogens (tertiary/aromatic N) is 2. The molecule has 0 spiro atoms. The third-order valence-corrected chi connectivity index (χ3v) is 4.13. The van der Waals surface area contributed by atoms with Crippen molar-refractivity contribution in [2.45, 2.75) is 50.4 Å². The van der Waals surface area contributed by atoms with Crippen LogP contribution in [0.5, 0.6) is 0 Å². The SMILES string of the molecule is CC(C)n1ccc(=O)nc1SC[C@H]1CCCCO1. The number of hydrogen-bond donors (Lipinski definition) is 0. The third-order valence-electron chi connectivity index (χ3n) is 3.03. The van der Waals surface area contributed by atoms with E-state index in [1.807, 2.05) is 10.8 Å². The summed E-state index contributed by atoms with van der Waals surface area (Å²) in [7, 11) is 0. The maximum absolute atomic E-state index is 11.3. The van der Waals surface area contributed by atoms with Gasteiger partial charge in [-0.1, -0.05) is 11.8 Å². The zero-order valence-corrected chi connectivity index (χ0v) is 11.8. The molecule has 1 saturated heterocycles. The summed E-state index contributed by atoms with van der Waals surface area (Å²) in [5.74, 6) is 0.878. The maximum atomic E-state index is 11.3. The molecule has 0 aliphatic carbocycles. The maximum Gasteiger partial charge on any atom is 0.273 e. The van der Waals surface area contributed by atoms with Gasteiger partial charge in [0.25, 0.3) is 5.56 Å². The molecule has 1 atom stereocenters. The van der Waals surface area contributed by atoms with Gasteiger partial charge in [-0.25, -0.2) is 0 Å². The monoisotopic (exact) mass is 268 g/mol. The highest BCUT2D eigenvalue weighted by Crippen LogP contribution is 2.23. The molecule has 0 bridgehead atoms. The predicted molar refractivity (Wildman–Crippen MR) is 73.2 cm³/mol. The average molecular weight is 268 g/mol. The minimum absolute atomic E-state index is 0.168. The molecule has 4 nitrogen and oxygen atoms in total. The zero-order chi connectivity index (χ0) is 13.0. The zero-order valence-electron chi connectivity index (χ0n) is 11.0. The second kappa shape index (κ2) is 6.38. The Morgan fingerprint density at radius 3 is 3.06 bits per heavy atom. The molecule has 0 N–H and O–H groups in total. The molecular weight excluding hydrogens is 248 g/mol. The fraction of sp³-hybridized carbons (Fsp3) is 0.692. The van der Waals surface area contributed by atoms with Gasteiger partial charge in [-0.15, -0.1) is 0 Å². The Kier molecular flexibility index (Phi) is 4.83. The Balaban J connectivity index is 2.03. The van der Waals surface area contributed by atoms with E-state index >= 15 is 0 Å². The van der Waals surface area contributed by atoms with Crippen LogP contribution < -0.4 is 5.56 Å². The number of aromatic nitrogens is 2. The highest BCUT2D eigenvalue weighted by atomic mass is 32.2. The minimum Gasteiger partial charge on any atom is -0.377 e. The van der Waals surface area contributed by atoms with Crippen molar-refractivity contribution < 1.29 is 4.74 Å². The largest absolute Gasteiger partial charge is 0.377 e. The summed E-state index contributed by atoms with van der Waals surface area (Å²) in [6, 6.07) is 1.83. The van der Waals surface area contributed by atoms with Crippen molar-refractivity contribution in [1.29, 1.82) is 0 Å². The van der Waals surface area contributed by atoms with Crippen LogP contribution in [-0.4, -0.2) is 28.0 Å². The van der Waals surface area contributed by atoms with Crippen LogP contribution in [0.3, 0.4) is 0 Å². The lowest BCUT2D eigenvalue weighted by Gasteiger charge is -2.22. The van der Waals surface area contributed by atoms with E-state index in [0.717, 1.165) is 23.9 Å². The molecular formula is C13H20N2O2S. The van der Waals surface area contributed by atoms with Crippen LogP contribution in [0.15, 0.2) is 22.2 Å². The number of rotatable bonds is 4. The molecule has 0 radical (unpaired) electrons. The summed E-state index contributed by atoms with van der Waals surface area (Å²) in [6.07, 6.45) is 5.66.